The van der Waals surface area contributed by atoms with Crippen LogP contribution in [0.5, 0.6) is 0 Å². The molecule has 7 heavy (non-hydrogen) atoms. The van der Waals surface area contributed by atoms with Crippen molar-refractivity contribution in [1.29, 1.82) is 0 Å². The first-order chi connectivity index (χ1) is 2.89. The number of aryl methyl sites for hydroxylation is 1. The van der Waals surface area contributed by atoms with Gasteiger partial charge in [-0.3, -0.25) is 0 Å². The molecule has 1 rings (SSSR count). The number of nitrogens with zero attached hydrogens (tertiary/aromatic N) is 1. The minimum Gasteiger partial charge on any atom is -0.581 e. The van der Waals surface area contributed by atoms with E-state index in [1.54, 1.807) is 6.26 Å². The fourth-order valence-electron chi connectivity index (χ4n) is 0.236. The molecule has 1 heterocycles. The summed E-state index contributed by atoms with van der Waals surface area (Å²) in [6.07, 6.45) is 3.85. The Kier molecular flexibility index (Phi) is 3.41. The standard InChI is InChI=1S/C4H4NO.U/c1-4-2-6-3-5-4;/h2H,1H3;/q-1;. The van der Waals surface area contributed by atoms with Crippen LogP contribution in [0.15, 0.2) is 10.7 Å². The number of hydrogen-bond acceptors (Lipinski definition) is 2. The second kappa shape index (κ2) is 3.29. The third kappa shape index (κ3) is 2.16. The second-order valence-electron chi connectivity index (χ2n) is 1.08. The number of rotatable bonds is 0. The normalized spacial score (nSPS) is 7.57. The topological polar surface area (TPSA) is 26.0 Å². The minimum absolute atomic E-state index is 0. The minimum atomic E-state index is 0. The first-order valence-corrected chi connectivity index (χ1v) is 1.68. The fraction of sp³-hybridized carbons (Fsp3) is 0.250. The summed E-state index contributed by atoms with van der Waals surface area (Å²) in [5.74, 6) is 0. The van der Waals surface area contributed by atoms with Crippen LogP contribution in [-0.2, 0) is 0 Å². The average molecular weight is 320 g/mol. The van der Waals surface area contributed by atoms with Gasteiger partial charge in [0.2, 0.25) is 0 Å². The molecule has 0 amide bonds. The third-order valence-corrected chi connectivity index (χ3v) is 0.504. The molecule has 0 aliphatic heterocycles. The van der Waals surface area contributed by atoms with Crippen LogP contribution in [0.1, 0.15) is 5.69 Å². The van der Waals surface area contributed by atoms with Crippen molar-refractivity contribution in [2.24, 2.45) is 0 Å². The Bertz CT molecular complexity index is 115. The van der Waals surface area contributed by atoms with Gasteiger partial charge in [0.05, 0.1) is 0 Å². The van der Waals surface area contributed by atoms with E-state index in [0.29, 0.717) is 0 Å². The van der Waals surface area contributed by atoms with Crippen LogP contribution in [0.3, 0.4) is 0 Å². The van der Waals surface area contributed by atoms with Crippen LogP contribution in [0.4, 0.5) is 0 Å². The summed E-state index contributed by atoms with van der Waals surface area (Å²) in [7, 11) is 0. The molecule has 0 atom stereocenters. The largest absolute Gasteiger partial charge is 0.581 e. The molecule has 0 aliphatic carbocycles. The first kappa shape index (κ1) is 7.26. The Morgan fingerprint density at radius 1 is 1.86 bits per heavy atom. The van der Waals surface area contributed by atoms with E-state index in [0.717, 1.165) is 5.69 Å². The molecule has 0 fully saturated rings. The van der Waals surface area contributed by atoms with Crippen LogP contribution in [0.25, 0.3) is 0 Å². The summed E-state index contributed by atoms with van der Waals surface area (Å²) in [6.45, 7) is 1.85. The van der Waals surface area contributed by atoms with Crippen molar-refractivity contribution >= 4 is 0 Å². The zero-order chi connectivity index (χ0) is 4.41. The van der Waals surface area contributed by atoms with Gasteiger partial charge < -0.3 is 9.40 Å². The van der Waals surface area contributed by atoms with Gasteiger partial charge in [0.15, 0.2) is 0 Å². The van der Waals surface area contributed by atoms with Crippen molar-refractivity contribution in [1.82, 2.24) is 4.98 Å². The predicted octanol–water partition coefficient (Wildman–Crippen LogP) is 0.783. The molecule has 0 bridgehead atoms. The Morgan fingerprint density at radius 2 is 2.57 bits per heavy atom. The van der Waals surface area contributed by atoms with E-state index in [-0.39, 0.29) is 31.1 Å². The maximum Gasteiger partial charge on any atom is 0.102 e. The molecule has 0 saturated heterocycles. The molecular weight excluding hydrogens is 316 g/mol. The van der Waals surface area contributed by atoms with Gasteiger partial charge in [-0.15, -0.1) is 0 Å². The summed E-state index contributed by atoms with van der Waals surface area (Å²) in [6, 6.07) is 0. The SMILES string of the molecule is Cc1co[c-]n1.[U]. The van der Waals surface area contributed by atoms with E-state index in [2.05, 4.69) is 15.8 Å². The molecule has 36 valence electrons. The van der Waals surface area contributed by atoms with E-state index >= 15 is 0 Å². The van der Waals surface area contributed by atoms with E-state index in [1.807, 2.05) is 6.92 Å². The molecule has 0 aliphatic rings. The number of hydrogen-bond donors (Lipinski definition) is 0. The maximum absolute atomic E-state index is 4.48. The maximum atomic E-state index is 4.48. The van der Waals surface area contributed by atoms with Crippen molar-refractivity contribution in [3.05, 3.63) is 18.4 Å². The summed E-state index contributed by atoms with van der Waals surface area (Å²) >= 11 is 0. The van der Waals surface area contributed by atoms with Gasteiger partial charge in [-0.1, -0.05) is 12.6 Å². The molecule has 0 spiro atoms. The van der Waals surface area contributed by atoms with Gasteiger partial charge in [0.25, 0.3) is 0 Å². The average Bonchev–Trinajstić information content (AvgIpc) is 1.86. The van der Waals surface area contributed by atoms with E-state index in [9.17, 15) is 0 Å². The zero-order valence-corrected chi connectivity index (χ0v) is 8.10. The van der Waals surface area contributed by atoms with Crippen molar-refractivity contribution < 1.29 is 35.5 Å². The summed E-state index contributed by atoms with van der Waals surface area (Å²) in [4.78, 5) is 3.62. The van der Waals surface area contributed by atoms with Crippen molar-refractivity contribution in [3.8, 4) is 0 Å². The quantitative estimate of drug-likeness (QED) is 0.661. The Morgan fingerprint density at radius 3 is 2.71 bits per heavy atom. The summed E-state index contributed by atoms with van der Waals surface area (Å²) < 4.78 is 4.48. The number of oxazole rings is 1. The Labute approximate surface area is 65.7 Å². The molecule has 0 radical (unpaired) electrons. The van der Waals surface area contributed by atoms with Gasteiger partial charge in [0.1, 0.15) is 6.39 Å². The molecule has 3 heteroatoms. The Hall–Kier alpha value is 0.262. The monoisotopic (exact) mass is 320 g/mol. The van der Waals surface area contributed by atoms with Gasteiger partial charge >= 0.3 is 0 Å². The first-order valence-electron chi connectivity index (χ1n) is 1.68. The van der Waals surface area contributed by atoms with Crippen molar-refractivity contribution in [3.63, 3.8) is 0 Å². The second-order valence-corrected chi connectivity index (χ2v) is 1.08. The van der Waals surface area contributed by atoms with Gasteiger partial charge in [-0.2, -0.15) is 0 Å². The van der Waals surface area contributed by atoms with Gasteiger partial charge in [-0.25, -0.2) is 0 Å². The molecule has 0 unspecified atom stereocenters. The van der Waals surface area contributed by atoms with Crippen LogP contribution in [-0.4, -0.2) is 4.98 Å². The van der Waals surface area contributed by atoms with E-state index < -0.39 is 0 Å². The smallest absolute Gasteiger partial charge is 0.102 e. The fourth-order valence-corrected chi connectivity index (χ4v) is 0.236. The molecule has 0 saturated carbocycles. The molecule has 2 nitrogen and oxygen atoms in total. The predicted molar refractivity (Wildman–Crippen MR) is 20.1 cm³/mol. The summed E-state index contributed by atoms with van der Waals surface area (Å²) in [5.41, 5.74) is 0.870. The molecule has 1 aromatic rings. The van der Waals surface area contributed by atoms with E-state index in [4.69, 9.17) is 0 Å². The molecule has 0 N–H and O–H groups in total. The van der Waals surface area contributed by atoms with E-state index in [1.165, 1.54) is 0 Å². The van der Waals surface area contributed by atoms with Crippen molar-refractivity contribution in [2.45, 2.75) is 6.92 Å². The van der Waals surface area contributed by atoms with Crippen LogP contribution in [0, 0.1) is 44.4 Å². The molecule has 0 aromatic carbocycles. The van der Waals surface area contributed by atoms with Crippen LogP contribution >= 0.6 is 0 Å². The zero-order valence-electron chi connectivity index (χ0n) is 3.93. The number of aromatic nitrogens is 1. The Balaban J connectivity index is 0.000000360. The molecular formula is C4H4NOU-. The third-order valence-electron chi connectivity index (χ3n) is 0.504. The van der Waals surface area contributed by atoms with Gasteiger partial charge in [-0.05, 0) is 6.26 Å². The molecule has 1 aromatic heterocycles. The van der Waals surface area contributed by atoms with Crippen LogP contribution < -0.4 is 0 Å². The van der Waals surface area contributed by atoms with Gasteiger partial charge in [0, 0.05) is 31.1 Å². The van der Waals surface area contributed by atoms with Crippen molar-refractivity contribution in [2.75, 3.05) is 0 Å². The van der Waals surface area contributed by atoms with Crippen LogP contribution in [0.2, 0.25) is 0 Å². The summed E-state index contributed by atoms with van der Waals surface area (Å²) in [5, 5.41) is 0.